The maximum Gasteiger partial charge on any atom is 0.242 e. The van der Waals surface area contributed by atoms with Gasteiger partial charge in [-0.2, -0.15) is 0 Å². The Hall–Kier alpha value is -1.62. The molecule has 5 nitrogen and oxygen atoms in total. The van der Waals surface area contributed by atoms with E-state index in [1.165, 1.54) is 0 Å². The van der Waals surface area contributed by atoms with Gasteiger partial charge < -0.3 is 9.47 Å². The van der Waals surface area contributed by atoms with E-state index < -0.39 is 0 Å². The summed E-state index contributed by atoms with van der Waals surface area (Å²) in [5, 5.41) is 0. The number of rotatable bonds is 5. The molecule has 0 N–H and O–H groups in total. The van der Waals surface area contributed by atoms with Crippen LogP contribution in [-0.2, 0) is 17.2 Å². The van der Waals surface area contributed by atoms with Gasteiger partial charge in [0.15, 0.2) is 5.65 Å². The number of hydrogen-bond donors (Lipinski definition) is 0. The number of hydrogen-bond acceptors (Lipinski definition) is 3. The molecule has 0 bridgehead atoms. The van der Waals surface area contributed by atoms with E-state index in [0.29, 0.717) is 24.6 Å². The molecule has 0 saturated heterocycles. The Bertz CT molecular complexity index is 619. The zero-order valence-corrected chi connectivity index (χ0v) is 12.8. The SMILES string of the molecule is CCN(CC)C(=O)Cn1c(CCl)nc2cc(C)cnc21. The summed E-state index contributed by atoms with van der Waals surface area (Å²) in [7, 11) is 0. The highest BCUT2D eigenvalue weighted by molar-refractivity contribution is 6.16. The lowest BCUT2D eigenvalue weighted by atomic mass is 10.3. The van der Waals surface area contributed by atoms with E-state index in [2.05, 4.69) is 9.97 Å². The van der Waals surface area contributed by atoms with E-state index in [1.807, 2.05) is 31.4 Å². The summed E-state index contributed by atoms with van der Waals surface area (Å²) in [6.45, 7) is 7.54. The summed E-state index contributed by atoms with van der Waals surface area (Å²) in [6.07, 6.45) is 1.78. The lowest BCUT2D eigenvalue weighted by Gasteiger charge is -2.19. The molecule has 0 spiro atoms. The Balaban J connectivity index is 2.40. The second-order valence-electron chi connectivity index (χ2n) is 4.67. The van der Waals surface area contributed by atoms with E-state index in [-0.39, 0.29) is 18.3 Å². The summed E-state index contributed by atoms with van der Waals surface area (Å²) < 4.78 is 1.81. The number of halogens is 1. The maximum atomic E-state index is 12.3. The monoisotopic (exact) mass is 294 g/mol. The third kappa shape index (κ3) is 2.77. The molecule has 0 aliphatic rings. The van der Waals surface area contributed by atoms with Crippen LogP contribution >= 0.6 is 11.6 Å². The molecule has 20 heavy (non-hydrogen) atoms. The Morgan fingerprint density at radius 3 is 2.70 bits per heavy atom. The highest BCUT2D eigenvalue weighted by atomic mass is 35.5. The molecular weight excluding hydrogens is 276 g/mol. The Kier molecular flexibility index (Phi) is 4.60. The number of imidazole rings is 1. The van der Waals surface area contributed by atoms with Crippen LogP contribution in [0.4, 0.5) is 0 Å². The van der Waals surface area contributed by atoms with Crippen molar-refractivity contribution in [3.63, 3.8) is 0 Å². The first-order valence-corrected chi connectivity index (χ1v) is 7.29. The molecule has 108 valence electrons. The topological polar surface area (TPSA) is 51.0 Å². The van der Waals surface area contributed by atoms with Gasteiger partial charge in [0.25, 0.3) is 0 Å². The normalized spacial score (nSPS) is 11.0. The number of likely N-dealkylation sites (N-methyl/N-ethyl adjacent to an activating group) is 1. The molecule has 2 aromatic heterocycles. The van der Waals surface area contributed by atoms with Crippen LogP contribution in [0.15, 0.2) is 12.3 Å². The fourth-order valence-corrected chi connectivity index (χ4v) is 2.44. The molecule has 6 heteroatoms. The predicted octanol–water partition coefficient (Wildman–Crippen LogP) is 2.35. The van der Waals surface area contributed by atoms with Gasteiger partial charge in [0.2, 0.25) is 5.91 Å². The zero-order valence-electron chi connectivity index (χ0n) is 12.1. The van der Waals surface area contributed by atoms with Gasteiger partial charge in [0.05, 0.1) is 5.88 Å². The van der Waals surface area contributed by atoms with Crippen LogP contribution in [-0.4, -0.2) is 38.4 Å². The minimum absolute atomic E-state index is 0.0584. The first-order valence-electron chi connectivity index (χ1n) is 6.76. The quantitative estimate of drug-likeness (QED) is 0.795. The summed E-state index contributed by atoms with van der Waals surface area (Å²) in [6, 6.07) is 1.96. The van der Waals surface area contributed by atoms with Crippen molar-refractivity contribution in [3.05, 3.63) is 23.7 Å². The third-order valence-corrected chi connectivity index (χ3v) is 3.57. The highest BCUT2D eigenvalue weighted by Gasteiger charge is 2.17. The second-order valence-corrected chi connectivity index (χ2v) is 4.94. The van der Waals surface area contributed by atoms with Crippen molar-refractivity contribution in [3.8, 4) is 0 Å². The van der Waals surface area contributed by atoms with Crippen molar-refractivity contribution in [2.24, 2.45) is 0 Å². The fourth-order valence-electron chi connectivity index (χ4n) is 2.24. The standard InChI is InChI=1S/C14H19ClN4O/c1-4-18(5-2)13(20)9-19-12(7-15)17-11-6-10(3)8-16-14(11)19/h6,8H,4-5,7,9H2,1-3H3. The van der Waals surface area contributed by atoms with Gasteiger partial charge in [-0.05, 0) is 32.4 Å². The van der Waals surface area contributed by atoms with Crippen LogP contribution in [0.2, 0.25) is 0 Å². The van der Waals surface area contributed by atoms with Gasteiger partial charge >= 0.3 is 0 Å². The molecule has 2 aromatic rings. The summed E-state index contributed by atoms with van der Waals surface area (Å²) in [5.41, 5.74) is 2.54. The van der Waals surface area contributed by atoms with E-state index in [9.17, 15) is 4.79 Å². The number of pyridine rings is 1. The van der Waals surface area contributed by atoms with Crippen molar-refractivity contribution >= 4 is 28.7 Å². The van der Waals surface area contributed by atoms with Gasteiger partial charge in [-0.25, -0.2) is 9.97 Å². The van der Waals surface area contributed by atoms with Gasteiger partial charge in [-0.15, -0.1) is 11.6 Å². The average Bonchev–Trinajstić information content (AvgIpc) is 2.77. The van der Waals surface area contributed by atoms with Gasteiger partial charge in [0, 0.05) is 19.3 Å². The fraction of sp³-hybridized carbons (Fsp3) is 0.500. The van der Waals surface area contributed by atoms with Crippen LogP contribution < -0.4 is 0 Å². The van der Waals surface area contributed by atoms with Crippen LogP contribution in [0, 0.1) is 6.92 Å². The first kappa shape index (κ1) is 14.8. The molecule has 0 saturated carbocycles. The average molecular weight is 295 g/mol. The zero-order chi connectivity index (χ0) is 14.7. The third-order valence-electron chi connectivity index (χ3n) is 3.33. The van der Waals surface area contributed by atoms with Crippen molar-refractivity contribution in [1.29, 1.82) is 0 Å². The molecule has 2 heterocycles. The molecule has 0 atom stereocenters. The van der Waals surface area contributed by atoms with E-state index in [1.54, 1.807) is 11.1 Å². The summed E-state index contributed by atoms with van der Waals surface area (Å²) in [5.74, 6) is 1.00. The molecule has 0 aromatic carbocycles. The lowest BCUT2D eigenvalue weighted by Crippen LogP contribution is -2.33. The highest BCUT2D eigenvalue weighted by Crippen LogP contribution is 2.17. The van der Waals surface area contributed by atoms with Crippen LogP contribution in [0.1, 0.15) is 25.2 Å². The molecule has 0 fully saturated rings. The molecule has 0 aliphatic heterocycles. The van der Waals surface area contributed by atoms with E-state index >= 15 is 0 Å². The second kappa shape index (κ2) is 6.22. The van der Waals surface area contributed by atoms with Crippen LogP contribution in [0.25, 0.3) is 11.2 Å². The van der Waals surface area contributed by atoms with E-state index in [4.69, 9.17) is 11.6 Å². The van der Waals surface area contributed by atoms with Crippen molar-refractivity contribution in [1.82, 2.24) is 19.4 Å². The minimum Gasteiger partial charge on any atom is -0.342 e. The Labute approximate surface area is 123 Å². The van der Waals surface area contributed by atoms with Crippen molar-refractivity contribution < 1.29 is 4.79 Å². The van der Waals surface area contributed by atoms with Gasteiger partial charge in [0.1, 0.15) is 17.9 Å². The molecule has 0 radical (unpaired) electrons. The van der Waals surface area contributed by atoms with Crippen LogP contribution in [0.3, 0.4) is 0 Å². The number of fused-ring (bicyclic) bond motifs is 1. The maximum absolute atomic E-state index is 12.3. The number of aromatic nitrogens is 3. The molecule has 1 amide bonds. The number of alkyl halides is 1. The smallest absolute Gasteiger partial charge is 0.242 e. The molecule has 0 aliphatic carbocycles. The number of carbonyl (C=O) groups is 1. The number of nitrogens with zero attached hydrogens (tertiary/aromatic N) is 4. The molecular formula is C14H19ClN4O. The number of carbonyl (C=O) groups excluding carboxylic acids is 1. The minimum atomic E-state index is 0.0584. The first-order chi connectivity index (χ1) is 9.60. The number of aryl methyl sites for hydroxylation is 1. The van der Waals surface area contributed by atoms with Crippen molar-refractivity contribution in [2.45, 2.75) is 33.2 Å². The largest absolute Gasteiger partial charge is 0.342 e. The number of amides is 1. The van der Waals surface area contributed by atoms with Crippen molar-refractivity contribution in [2.75, 3.05) is 13.1 Å². The van der Waals surface area contributed by atoms with Gasteiger partial charge in [-0.3, -0.25) is 4.79 Å². The molecule has 2 rings (SSSR count). The Morgan fingerprint density at radius 2 is 2.10 bits per heavy atom. The summed E-state index contributed by atoms with van der Waals surface area (Å²) >= 11 is 5.94. The molecule has 0 unspecified atom stereocenters. The summed E-state index contributed by atoms with van der Waals surface area (Å²) in [4.78, 5) is 22.9. The van der Waals surface area contributed by atoms with E-state index in [0.717, 1.165) is 11.1 Å². The lowest BCUT2D eigenvalue weighted by molar-refractivity contribution is -0.131. The predicted molar refractivity (Wildman–Crippen MR) is 79.8 cm³/mol. The Morgan fingerprint density at radius 1 is 1.40 bits per heavy atom. The van der Waals surface area contributed by atoms with Crippen LogP contribution in [0.5, 0.6) is 0 Å². The van der Waals surface area contributed by atoms with Gasteiger partial charge in [-0.1, -0.05) is 0 Å².